The molecular weight excluding hydrogens is 192 g/mol. The first kappa shape index (κ1) is 15.5. The molecule has 0 aromatic rings. The number of rotatable bonds is 11. The predicted octanol–water partition coefficient (Wildman–Crippen LogP) is 5.85. The van der Waals surface area contributed by atoms with E-state index in [4.69, 9.17) is 0 Å². The lowest BCUT2D eigenvalue weighted by atomic mass is 10.1. The van der Waals surface area contributed by atoms with Crippen LogP contribution in [0.4, 0.5) is 0 Å². The molecule has 0 spiro atoms. The molecule has 0 aromatic carbocycles. The third kappa shape index (κ3) is 13.5. The molecule has 0 fully saturated rings. The minimum Gasteiger partial charge on any atom is -0.0848 e. The van der Waals surface area contributed by atoms with Gasteiger partial charge in [0.15, 0.2) is 0 Å². The summed E-state index contributed by atoms with van der Waals surface area (Å²) < 4.78 is 0. The Hall–Kier alpha value is -0.520. The van der Waals surface area contributed by atoms with Gasteiger partial charge in [-0.2, -0.15) is 0 Å². The molecule has 0 aliphatic carbocycles. The maximum Gasteiger partial charge on any atom is -0.0348 e. The monoisotopic (exact) mass is 221 g/mol. The van der Waals surface area contributed by atoms with Crippen molar-refractivity contribution in [2.24, 2.45) is 0 Å². The van der Waals surface area contributed by atoms with Crippen molar-refractivity contribution in [2.75, 3.05) is 0 Å². The second-order valence-electron chi connectivity index (χ2n) is 4.38. The van der Waals surface area contributed by atoms with Crippen LogP contribution in [0.2, 0.25) is 0 Å². The Bertz CT molecular complexity index is 165. The smallest absolute Gasteiger partial charge is 0.0348 e. The Morgan fingerprint density at radius 2 is 1.31 bits per heavy atom. The lowest BCUT2D eigenvalue weighted by molar-refractivity contribution is 0.583. The molecule has 0 saturated carbocycles. The molecule has 0 saturated heterocycles. The van der Waals surface area contributed by atoms with Gasteiger partial charge in [-0.1, -0.05) is 83.1 Å². The zero-order valence-corrected chi connectivity index (χ0v) is 11.1. The van der Waals surface area contributed by atoms with Crippen molar-refractivity contribution in [1.82, 2.24) is 0 Å². The fraction of sp³-hybridized carbons (Fsp3) is 0.688. The molecule has 0 heteroatoms. The standard InChI is InChI=1S/C16H29/c1-3-5-7-9-11-13-15-16-14-12-10-8-6-4-2/h6,8,10,12H,1,3-5,7,9,11,13-16H2,2H3/b8-6+,12-10+. The van der Waals surface area contributed by atoms with Crippen molar-refractivity contribution in [3.8, 4) is 0 Å². The average molecular weight is 221 g/mol. The van der Waals surface area contributed by atoms with Crippen molar-refractivity contribution in [1.29, 1.82) is 0 Å². The van der Waals surface area contributed by atoms with Crippen molar-refractivity contribution in [3.63, 3.8) is 0 Å². The van der Waals surface area contributed by atoms with E-state index in [1.54, 1.807) is 0 Å². The van der Waals surface area contributed by atoms with Gasteiger partial charge in [-0.3, -0.25) is 0 Å². The fourth-order valence-corrected chi connectivity index (χ4v) is 1.71. The first-order valence-corrected chi connectivity index (χ1v) is 7.02. The van der Waals surface area contributed by atoms with Gasteiger partial charge < -0.3 is 0 Å². The van der Waals surface area contributed by atoms with Crippen LogP contribution in [0.1, 0.15) is 71.1 Å². The van der Waals surface area contributed by atoms with Crippen LogP contribution >= 0.6 is 0 Å². The number of hydrogen-bond acceptors (Lipinski definition) is 0. The molecule has 16 heavy (non-hydrogen) atoms. The number of unbranched alkanes of at least 4 members (excludes halogenated alkanes) is 8. The van der Waals surface area contributed by atoms with E-state index in [0.717, 1.165) is 12.8 Å². The molecule has 0 aliphatic rings. The summed E-state index contributed by atoms with van der Waals surface area (Å²) in [6.45, 7) is 6.03. The molecule has 0 nitrogen and oxygen atoms in total. The zero-order chi connectivity index (χ0) is 11.9. The summed E-state index contributed by atoms with van der Waals surface area (Å²) in [5, 5.41) is 0. The second-order valence-corrected chi connectivity index (χ2v) is 4.38. The lowest BCUT2D eigenvalue weighted by Gasteiger charge is -1.99. The largest absolute Gasteiger partial charge is 0.0848 e. The summed E-state index contributed by atoms with van der Waals surface area (Å²) >= 11 is 0. The Morgan fingerprint density at radius 1 is 0.750 bits per heavy atom. The van der Waals surface area contributed by atoms with Gasteiger partial charge in [0.2, 0.25) is 0 Å². The van der Waals surface area contributed by atoms with Crippen molar-refractivity contribution < 1.29 is 0 Å². The molecule has 0 aromatic heterocycles. The van der Waals surface area contributed by atoms with Crippen LogP contribution in [-0.2, 0) is 0 Å². The van der Waals surface area contributed by atoms with Gasteiger partial charge in [-0.25, -0.2) is 0 Å². The summed E-state index contributed by atoms with van der Waals surface area (Å²) in [7, 11) is 0. The first-order chi connectivity index (χ1) is 7.91. The van der Waals surface area contributed by atoms with Gasteiger partial charge in [0.25, 0.3) is 0 Å². The highest BCUT2D eigenvalue weighted by molar-refractivity contribution is 5.01. The normalized spacial score (nSPS) is 11.9. The topological polar surface area (TPSA) is 0 Å². The summed E-state index contributed by atoms with van der Waals surface area (Å²) in [5.74, 6) is 0. The van der Waals surface area contributed by atoms with Crippen LogP contribution in [0, 0.1) is 6.92 Å². The van der Waals surface area contributed by atoms with Crippen molar-refractivity contribution >= 4 is 0 Å². The highest BCUT2D eigenvalue weighted by Crippen LogP contribution is 2.09. The highest BCUT2D eigenvalue weighted by atomic mass is 14.0. The van der Waals surface area contributed by atoms with Gasteiger partial charge in [-0.15, -0.1) is 0 Å². The second kappa shape index (κ2) is 14.5. The van der Waals surface area contributed by atoms with Gasteiger partial charge in [-0.05, 0) is 19.3 Å². The summed E-state index contributed by atoms with van der Waals surface area (Å²) in [5.41, 5.74) is 0. The zero-order valence-electron chi connectivity index (χ0n) is 11.1. The van der Waals surface area contributed by atoms with E-state index >= 15 is 0 Å². The van der Waals surface area contributed by atoms with Gasteiger partial charge >= 0.3 is 0 Å². The van der Waals surface area contributed by atoms with Crippen molar-refractivity contribution in [2.45, 2.75) is 71.1 Å². The van der Waals surface area contributed by atoms with Gasteiger partial charge in [0.05, 0.1) is 0 Å². The molecule has 1 radical (unpaired) electrons. The van der Waals surface area contributed by atoms with E-state index < -0.39 is 0 Å². The van der Waals surface area contributed by atoms with Gasteiger partial charge in [0, 0.05) is 0 Å². The minimum atomic E-state index is 1.11. The van der Waals surface area contributed by atoms with Crippen LogP contribution in [0.3, 0.4) is 0 Å². The molecule has 0 rings (SSSR count). The number of hydrogen-bond donors (Lipinski definition) is 0. The third-order valence-electron chi connectivity index (χ3n) is 2.74. The Kier molecular flexibility index (Phi) is 14.0. The SMILES string of the molecule is [CH2]CCCCCCCCC/C=C/C=C/CC. The van der Waals surface area contributed by atoms with Crippen LogP contribution in [0.15, 0.2) is 24.3 Å². The molecule has 93 valence electrons. The Morgan fingerprint density at radius 3 is 1.94 bits per heavy atom. The number of allylic oxidation sites excluding steroid dienone is 4. The third-order valence-corrected chi connectivity index (χ3v) is 2.74. The van der Waals surface area contributed by atoms with Crippen LogP contribution in [0.5, 0.6) is 0 Å². The van der Waals surface area contributed by atoms with Crippen LogP contribution < -0.4 is 0 Å². The maximum absolute atomic E-state index is 3.86. The molecule has 0 bridgehead atoms. The van der Waals surface area contributed by atoms with E-state index in [-0.39, 0.29) is 0 Å². The lowest BCUT2D eigenvalue weighted by Crippen LogP contribution is -1.79. The first-order valence-electron chi connectivity index (χ1n) is 7.02. The van der Waals surface area contributed by atoms with Crippen LogP contribution in [-0.4, -0.2) is 0 Å². The van der Waals surface area contributed by atoms with E-state index in [0.29, 0.717) is 0 Å². The molecule has 0 heterocycles. The van der Waals surface area contributed by atoms with E-state index in [2.05, 4.69) is 38.2 Å². The van der Waals surface area contributed by atoms with E-state index in [9.17, 15) is 0 Å². The molecule has 0 N–H and O–H groups in total. The Balaban J connectivity index is 3.03. The van der Waals surface area contributed by atoms with Crippen molar-refractivity contribution in [3.05, 3.63) is 31.2 Å². The molecule has 0 aliphatic heterocycles. The minimum absolute atomic E-state index is 1.11. The quantitative estimate of drug-likeness (QED) is 0.303. The summed E-state index contributed by atoms with van der Waals surface area (Å²) in [4.78, 5) is 0. The highest BCUT2D eigenvalue weighted by Gasteiger charge is 1.89. The summed E-state index contributed by atoms with van der Waals surface area (Å²) in [6.07, 6.45) is 22.0. The molecular formula is C16H29. The Labute approximate surface area is 103 Å². The maximum atomic E-state index is 3.86. The van der Waals surface area contributed by atoms with E-state index in [1.165, 1.54) is 51.4 Å². The predicted molar refractivity (Wildman–Crippen MR) is 75.5 cm³/mol. The fourth-order valence-electron chi connectivity index (χ4n) is 1.71. The summed E-state index contributed by atoms with van der Waals surface area (Å²) in [6, 6.07) is 0. The molecule has 0 atom stereocenters. The molecule has 0 unspecified atom stereocenters. The average Bonchev–Trinajstić information content (AvgIpc) is 2.31. The van der Waals surface area contributed by atoms with Crippen LogP contribution in [0.25, 0.3) is 0 Å². The molecule has 0 amide bonds. The van der Waals surface area contributed by atoms with E-state index in [1.807, 2.05) is 0 Å². The van der Waals surface area contributed by atoms with Gasteiger partial charge in [0.1, 0.15) is 0 Å².